The van der Waals surface area contributed by atoms with Crippen LogP contribution in [0.15, 0.2) is 22.6 Å². The highest BCUT2D eigenvalue weighted by molar-refractivity contribution is 5.94. The minimum absolute atomic E-state index is 0.151. The average molecular weight is 220 g/mol. The predicted octanol–water partition coefficient (Wildman–Crippen LogP) is 2.49. The van der Waals surface area contributed by atoms with Crippen molar-refractivity contribution in [3.63, 3.8) is 0 Å². The van der Waals surface area contributed by atoms with E-state index in [-0.39, 0.29) is 11.5 Å². The Bertz CT molecular complexity index is 539. The topological polar surface area (TPSA) is 59.7 Å². The van der Waals surface area contributed by atoms with Crippen molar-refractivity contribution in [2.45, 2.75) is 13.3 Å². The van der Waals surface area contributed by atoms with E-state index in [1.54, 1.807) is 18.2 Å². The number of hydrogen-bond acceptors (Lipinski definition) is 4. The molecule has 84 valence electrons. The summed E-state index contributed by atoms with van der Waals surface area (Å²) in [5, 5.41) is 10.4. The van der Waals surface area contributed by atoms with Crippen LogP contribution in [0.4, 0.5) is 0 Å². The Morgan fingerprint density at radius 3 is 2.88 bits per heavy atom. The number of rotatable bonds is 2. The number of aromatic hydroxyl groups is 1. The Morgan fingerprint density at radius 1 is 1.50 bits per heavy atom. The van der Waals surface area contributed by atoms with Crippen LogP contribution in [0.5, 0.6) is 5.75 Å². The van der Waals surface area contributed by atoms with Crippen LogP contribution in [0, 0.1) is 0 Å². The fourth-order valence-electron chi connectivity index (χ4n) is 1.73. The number of benzene rings is 1. The molecule has 2 rings (SSSR count). The molecule has 0 radical (unpaired) electrons. The summed E-state index contributed by atoms with van der Waals surface area (Å²) in [6, 6.07) is 4.79. The summed E-state index contributed by atoms with van der Waals surface area (Å²) in [6.07, 6.45) is 0.670. The molecule has 1 aromatic heterocycles. The first-order valence-corrected chi connectivity index (χ1v) is 5.00. The number of hydrogen-bond donors (Lipinski definition) is 1. The van der Waals surface area contributed by atoms with Gasteiger partial charge >= 0.3 is 5.97 Å². The van der Waals surface area contributed by atoms with Crippen molar-refractivity contribution in [3.05, 3.63) is 29.5 Å². The number of esters is 1. The largest absolute Gasteiger partial charge is 0.508 e. The van der Waals surface area contributed by atoms with Crippen molar-refractivity contribution >= 4 is 16.9 Å². The van der Waals surface area contributed by atoms with Crippen LogP contribution in [0.1, 0.15) is 23.0 Å². The lowest BCUT2D eigenvalue weighted by atomic mass is 10.1. The smallest absolute Gasteiger partial charge is 0.373 e. The number of furan rings is 1. The first kappa shape index (κ1) is 10.5. The van der Waals surface area contributed by atoms with E-state index in [0.29, 0.717) is 12.0 Å². The summed E-state index contributed by atoms with van der Waals surface area (Å²) in [5.74, 6) is -0.150. The molecule has 0 aliphatic rings. The molecule has 4 heteroatoms. The Kier molecular flexibility index (Phi) is 2.56. The van der Waals surface area contributed by atoms with Gasteiger partial charge in [0.25, 0.3) is 0 Å². The predicted molar refractivity (Wildman–Crippen MR) is 58.6 cm³/mol. The van der Waals surface area contributed by atoms with Gasteiger partial charge in [0, 0.05) is 10.9 Å². The summed E-state index contributed by atoms with van der Waals surface area (Å²) in [5.41, 5.74) is 1.35. The van der Waals surface area contributed by atoms with Gasteiger partial charge in [0.15, 0.2) is 0 Å². The van der Waals surface area contributed by atoms with E-state index >= 15 is 0 Å². The average Bonchev–Trinajstić information content (AvgIpc) is 2.71. The maximum absolute atomic E-state index is 11.3. The zero-order valence-corrected chi connectivity index (χ0v) is 9.11. The third-order valence-electron chi connectivity index (χ3n) is 2.53. The number of carbonyl (C=O) groups is 1. The lowest BCUT2D eigenvalue weighted by molar-refractivity contribution is 0.0567. The highest BCUT2D eigenvalue weighted by atomic mass is 16.5. The van der Waals surface area contributed by atoms with E-state index in [2.05, 4.69) is 4.74 Å². The molecule has 2 aromatic rings. The van der Waals surface area contributed by atoms with Gasteiger partial charge in [-0.1, -0.05) is 6.92 Å². The van der Waals surface area contributed by atoms with Gasteiger partial charge in [0.2, 0.25) is 5.76 Å². The highest BCUT2D eigenvalue weighted by Crippen LogP contribution is 2.30. The molecule has 0 aliphatic heterocycles. The van der Waals surface area contributed by atoms with Crippen LogP contribution in [0.2, 0.25) is 0 Å². The summed E-state index contributed by atoms with van der Waals surface area (Å²) < 4.78 is 9.91. The van der Waals surface area contributed by atoms with E-state index in [1.807, 2.05) is 6.92 Å². The number of ether oxygens (including phenoxy) is 1. The molecule has 1 aromatic carbocycles. The summed E-state index contributed by atoms with van der Waals surface area (Å²) in [6.45, 7) is 1.93. The lowest BCUT2D eigenvalue weighted by Crippen LogP contribution is -1.97. The van der Waals surface area contributed by atoms with E-state index in [1.165, 1.54) is 7.11 Å². The molecule has 0 bridgehead atoms. The quantitative estimate of drug-likeness (QED) is 0.790. The zero-order valence-electron chi connectivity index (χ0n) is 9.11. The molecule has 0 unspecified atom stereocenters. The maximum atomic E-state index is 11.3. The minimum atomic E-state index is -0.516. The molecule has 1 N–H and O–H groups in total. The van der Waals surface area contributed by atoms with Crippen LogP contribution in [-0.4, -0.2) is 18.2 Å². The van der Waals surface area contributed by atoms with Gasteiger partial charge in [-0.25, -0.2) is 4.79 Å². The summed E-state index contributed by atoms with van der Waals surface area (Å²) in [4.78, 5) is 11.3. The lowest BCUT2D eigenvalue weighted by Gasteiger charge is -2.00. The molecule has 0 atom stereocenters. The van der Waals surface area contributed by atoms with Gasteiger partial charge in [-0.15, -0.1) is 0 Å². The van der Waals surface area contributed by atoms with E-state index in [9.17, 15) is 9.90 Å². The second kappa shape index (κ2) is 3.89. The molecule has 16 heavy (non-hydrogen) atoms. The Labute approximate surface area is 92.4 Å². The molecular formula is C12H12O4. The van der Waals surface area contributed by atoms with E-state index < -0.39 is 5.97 Å². The molecule has 0 spiro atoms. The fourth-order valence-corrected chi connectivity index (χ4v) is 1.73. The van der Waals surface area contributed by atoms with E-state index in [0.717, 1.165) is 10.9 Å². The summed E-state index contributed by atoms with van der Waals surface area (Å²) in [7, 11) is 1.30. The second-order valence-electron chi connectivity index (χ2n) is 3.43. The van der Waals surface area contributed by atoms with Crippen LogP contribution in [0.25, 0.3) is 11.0 Å². The number of methoxy groups -OCH3 is 1. The van der Waals surface area contributed by atoms with Gasteiger partial charge in [0.1, 0.15) is 11.3 Å². The van der Waals surface area contributed by atoms with Crippen molar-refractivity contribution in [2.75, 3.05) is 7.11 Å². The molecule has 0 amide bonds. The molecule has 0 saturated heterocycles. The van der Waals surface area contributed by atoms with Crippen LogP contribution in [0.3, 0.4) is 0 Å². The molecule has 0 aliphatic carbocycles. The standard InChI is InChI=1S/C12H12O4/c1-3-7-8-6-11(12(14)15-2)16-10(8)5-4-9(7)13/h4-6,13H,3H2,1-2H3. The first-order chi connectivity index (χ1) is 7.67. The number of carbonyl (C=O) groups excluding carboxylic acids is 1. The molecule has 0 fully saturated rings. The Morgan fingerprint density at radius 2 is 2.25 bits per heavy atom. The SMILES string of the molecule is CCc1c(O)ccc2oc(C(=O)OC)cc12. The molecule has 4 nitrogen and oxygen atoms in total. The number of fused-ring (bicyclic) bond motifs is 1. The molecule has 0 saturated carbocycles. The maximum Gasteiger partial charge on any atom is 0.373 e. The molecular weight excluding hydrogens is 208 g/mol. The second-order valence-corrected chi connectivity index (χ2v) is 3.43. The third-order valence-corrected chi connectivity index (χ3v) is 2.53. The number of phenolic OH excluding ortho intramolecular Hbond substituents is 1. The first-order valence-electron chi connectivity index (χ1n) is 5.00. The molecule has 1 heterocycles. The van der Waals surface area contributed by atoms with Crippen LogP contribution in [-0.2, 0) is 11.2 Å². The van der Waals surface area contributed by atoms with Gasteiger partial charge in [0.05, 0.1) is 7.11 Å². The highest BCUT2D eigenvalue weighted by Gasteiger charge is 2.15. The normalized spacial score (nSPS) is 10.6. The number of phenols is 1. The minimum Gasteiger partial charge on any atom is -0.508 e. The number of aryl methyl sites for hydroxylation is 1. The zero-order chi connectivity index (χ0) is 11.7. The fraction of sp³-hybridized carbons (Fsp3) is 0.250. The van der Waals surface area contributed by atoms with Gasteiger partial charge < -0.3 is 14.3 Å². The Hall–Kier alpha value is -1.97. The van der Waals surface area contributed by atoms with Crippen LogP contribution >= 0.6 is 0 Å². The van der Waals surface area contributed by atoms with Gasteiger partial charge in [-0.2, -0.15) is 0 Å². The monoisotopic (exact) mass is 220 g/mol. The summed E-state index contributed by atoms with van der Waals surface area (Å²) >= 11 is 0. The van der Waals surface area contributed by atoms with Gasteiger partial charge in [-0.3, -0.25) is 0 Å². The van der Waals surface area contributed by atoms with Crippen molar-refractivity contribution in [1.82, 2.24) is 0 Å². The third kappa shape index (κ3) is 1.52. The van der Waals surface area contributed by atoms with Crippen molar-refractivity contribution < 1.29 is 19.1 Å². The van der Waals surface area contributed by atoms with E-state index in [4.69, 9.17) is 4.42 Å². The van der Waals surface area contributed by atoms with Crippen molar-refractivity contribution in [3.8, 4) is 5.75 Å². The Balaban J connectivity index is 2.65. The van der Waals surface area contributed by atoms with Crippen LogP contribution < -0.4 is 0 Å². The van der Waals surface area contributed by atoms with Crippen molar-refractivity contribution in [2.24, 2.45) is 0 Å². The van der Waals surface area contributed by atoms with Crippen molar-refractivity contribution in [1.29, 1.82) is 0 Å². The van der Waals surface area contributed by atoms with Gasteiger partial charge in [-0.05, 0) is 24.6 Å².